The molecule has 0 spiro atoms. The highest BCUT2D eigenvalue weighted by Crippen LogP contribution is 2.15. The molecule has 288 valence electrons. The lowest BCUT2D eigenvalue weighted by molar-refractivity contribution is -0.123. The Labute approximate surface area is 306 Å². The fraction of sp³-hybridized carbons (Fsp3) is 0.844. The van der Waals surface area contributed by atoms with E-state index in [9.17, 15) is 15.0 Å². The summed E-state index contributed by atoms with van der Waals surface area (Å²) < 4.78 is 0. The summed E-state index contributed by atoms with van der Waals surface area (Å²) in [5.74, 6) is -0.0757. The molecule has 0 aliphatic heterocycles. The molecule has 0 bridgehead atoms. The van der Waals surface area contributed by atoms with E-state index in [2.05, 4.69) is 43.5 Å². The second-order valence-corrected chi connectivity index (χ2v) is 14.8. The topological polar surface area (TPSA) is 69.6 Å². The Morgan fingerprint density at radius 3 is 1.18 bits per heavy atom. The van der Waals surface area contributed by atoms with E-state index in [1.165, 1.54) is 167 Å². The second kappa shape index (κ2) is 41.0. The van der Waals surface area contributed by atoms with Crippen molar-refractivity contribution >= 4 is 5.91 Å². The van der Waals surface area contributed by atoms with E-state index in [0.29, 0.717) is 6.42 Å². The number of carbonyl (C=O) groups excluding carboxylic acids is 1. The molecule has 2 unspecified atom stereocenters. The summed E-state index contributed by atoms with van der Waals surface area (Å²) in [5.41, 5.74) is 0. The van der Waals surface area contributed by atoms with Crippen LogP contribution in [0.3, 0.4) is 0 Å². The lowest BCUT2D eigenvalue weighted by atomic mass is 10.0. The zero-order valence-electron chi connectivity index (χ0n) is 33.0. The van der Waals surface area contributed by atoms with E-state index in [0.717, 1.165) is 38.5 Å². The van der Waals surface area contributed by atoms with Crippen molar-refractivity contribution in [3.8, 4) is 0 Å². The number of allylic oxidation sites excluding steroid dienone is 5. The van der Waals surface area contributed by atoms with Gasteiger partial charge in [0.25, 0.3) is 0 Å². The normalized spacial score (nSPS) is 13.3. The van der Waals surface area contributed by atoms with Gasteiger partial charge < -0.3 is 15.5 Å². The summed E-state index contributed by atoms with van der Waals surface area (Å²) in [6, 6.07) is -0.641. The molecule has 4 nitrogen and oxygen atoms in total. The van der Waals surface area contributed by atoms with Gasteiger partial charge in [0.05, 0.1) is 18.8 Å². The van der Waals surface area contributed by atoms with E-state index in [1.54, 1.807) is 6.08 Å². The number of aliphatic hydroxyl groups excluding tert-OH is 2. The highest BCUT2D eigenvalue weighted by Gasteiger charge is 2.17. The first-order valence-corrected chi connectivity index (χ1v) is 21.7. The van der Waals surface area contributed by atoms with Crippen LogP contribution in [0, 0.1) is 0 Å². The van der Waals surface area contributed by atoms with E-state index in [4.69, 9.17) is 0 Å². The molecule has 0 saturated heterocycles. The average Bonchev–Trinajstić information content (AvgIpc) is 3.10. The maximum atomic E-state index is 12.4. The summed E-state index contributed by atoms with van der Waals surface area (Å²) in [6.45, 7) is 4.29. The molecule has 2 atom stereocenters. The Morgan fingerprint density at radius 1 is 0.469 bits per heavy atom. The third-order valence-corrected chi connectivity index (χ3v) is 9.85. The number of aliphatic hydroxyl groups is 2. The van der Waals surface area contributed by atoms with Crippen molar-refractivity contribution in [3.05, 3.63) is 36.5 Å². The molecule has 1 amide bonds. The molecule has 0 radical (unpaired) electrons. The fourth-order valence-corrected chi connectivity index (χ4v) is 6.50. The lowest BCUT2D eigenvalue weighted by Gasteiger charge is -2.19. The molecule has 0 aliphatic carbocycles. The Kier molecular flexibility index (Phi) is 39.9. The van der Waals surface area contributed by atoms with Crippen molar-refractivity contribution in [1.29, 1.82) is 0 Å². The smallest absolute Gasteiger partial charge is 0.220 e. The van der Waals surface area contributed by atoms with Crippen molar-refractivity contribution in [3.63, 3.8) is 0 Å². The van der Waals surface area contributed by atoms with Gasteiger partial charge in [-0.25, -0.2) is 0 Å². The molecule has 0 saturated carbocycles. The zero-order valence-corrected chi connectivity index (χ0v) is 33.0. The van der Waals surface area contributed by atoms with Crippen molar-refractivity contribution in [2.75, 3.05) is 6.61 Å². The first-order chi connectivity index (χ1) is 24.2. The monoisotopic (exact) mass is 688 g/mol. The number of nitrogens with one attached hydrogen (secondary N) is 1. The summed E-state index contributed by atoms with van der Waals surface area (Å²) in [5, 5.41) is 23.0. The minimum Gasteiger partial charge on any atom is -0.394 e. The quantitative estimate of drug-likeness (QED) is 0.0445. The van der Waals surface area contributed by atoms with Crippen LogP contribution in [0.15, 0.2) is 36.5 Å². The van der Waals surface area contributed by atoms with E-state index in [1.807, 2.05) is 6.08 Å². The number of unbranched alkanes of at least 4 members (excludes halogenated alkanes) is 28. The van der Waals surface area contributed by atoms with Crippen LogP contribution in [0.1, 0.15) is 226 Å². The third kappa shape index (κ3) is 37.7. The van der Waals surface area contributed by atoms with Gasteiger partial charge in [0.2, 0.25) is 5.91 Å². The van der Waals surface area contributed by atoms with Gasteiger partial charge in [0, 0.05) is 6.42 Å². The van der Waals surface area contributed by atoms with Gasteiger partial charge in [-0.1, -0.05) is 211 Å². The maximum absolute atomic E-state index is 12.4. The Hall–Kier alpha value is -1.39. The van der Waals surface area contributed by atoms with Crippen molar-refractivity contribution in [1.82, 2.24) is 5.32 Å². The van der Waals surface area contributed by atoms with Gasteiger partial charge >= 0.3 is 0 Å². The molecular formula is C45H85NO3. The highest BCUT2D eigenvalue weighted by atomic mass is 16.3. The molecule has 0 aromatic carbocycles. The zero-order chi connectivity index (χ0) is 35.7. The molecule has 3 N–H and O–H groups in total. The Morgan fingerprint density at radius 2 is 0.796 bits per heavy atom. The largest absolute Gasteiger partial charge is 0.394 e. The van der Waals surface area contributed by atoms with Crippen LogP contribution < -0.4 is 5.32 Å². The summed E-state index contributed by atoms with van der Waals surface area (Å²) in [7, 11) is 0. The van der Waals surface area contributed by atoms with Crippen LogP contribution in [0.2, 0.25) is 0 Å². The summed E-state index contributed by atoms with van der Waals surface area (Å²) in [6.07, 6.45) is 53.9. The van der Waals surface area contributed by atoms with Crippen LogP contribution in [0.5, 0.6) is 0 Å². The predicted octanol–water partition coefficient (Wildman–Crippen LogP) is 13.4. The Balaban J connectivity index is 3.59. The number of rotatable bonds is 39. The molecule has 0 aliphatic rings. The van der Waals surface area contributed by atoms with E-state index < -0.39 is 12.1 Å². The second-order valence-electron chi connectivity index (χ2n) is 14.8. The van der Waals surface area contributed by atoms with Crippen LogP contribution in [0.25, 0.3) is 0 Å². The SMILES string of the molecule is CCCCCCCC/C=C/CC/C=C/CC/C=C/C(O)C(CO)NC(=O)CCCCCCCCCCCCCCCCCCCCCCC. The molecule has 0 fully saturated rings. The number of hydrogen-bond donors (Lipinski definition) is 3. The molecule has 0 aromatic rings. The lowest BCUT2D eigenvalue weighted by Crippen LogP contribution is -2.45. The van der Waals surface area contributed by atoms with Crippen molar-refractivity contribution in [2.24, 2.45) is 0 Å². The number of hydrogen-bond acceptors (Lipinski definition) is 3. The van der Waals surface area contributed by atoms with E-state index >= 15 is 0 Å². The molecular weight excluding hydrogens is 602 g/mol. The number of carbonyl (C=O) groups is 1. The molecule has 0 heterocycles. The van der Waals surface area contributed by atoms with Crippen LogP contribution in [0.4, 0.5) is 0 Å². The average molecular weight is 688 g/mol. The molecule has 0 aromatic heterocycles. The summed E-state index contributed by atoms with van der Waals surface area (Å²) >= 11 is 0. The van der Waals surface area contributed by atoms with Gasteiger partial charge in [0.1, 0.15) is 0 Å². The first-order valence-electron chi connectivity index (χ1n) is 21.7. The Bertz CT molecular complexity index is 746. The molecule has 0 rings (SSSR count). The summed E-state index contributed by atoms with van der Waals surface area (Å²) in [4.78, 5) is 12.4. The van der Waals surface area contributed by atoms with Crippen LogP contribution in [-0.4, -0.2) is 34.9 Å². The highest BCUT2D eigenvalue weighted by molar-refractivity contribution is 5.76. The molecule has 4 heteroatoms. The predicted molar refractivity (Wildman–Crippen MR) is 216 cm³/mol. The van der Waals surface area contributed by atoms with Crippen molar-refractivity contribution in [2.45, 2.75) is 238 Å². The van der Waals surface area contributed by atoms with Gasteiger partial charge in [-0.2, -0.15) is 0 Å². The van der Waals surface area contributed by atoms with Crippen LogP contribution in [-0.2, 0) is 4.79 Å². The third-order valence-electron chi connectivity index (χ3n) is 9.85. The molecule has 49 heavy (non-hydrogen) atoms. The van der Waals surface area contributed by atoms with Gasteiger partial charge in [0.15, 0.2) is 0 Å². The fourth-order valence-electron chi connectivity index (χ4n) is 6.50. The van der Waals surface area contributed by atoms with Gasteiger partial charge in [-0.15, -0.1) is 0 Å². The number of amides is 1. The van der Waals surface area contributed by atoms with Crippen molar-refractivity contribution < 1.29 is 15.0 Å². The van der Waals surface area contributed by atoms with Gasteiger partial charge in [-0.05, 0) is 44.9 Å². The first kappa shape index (κ1) is 47.6. The van der Waals surface area contributed by atoms with Gasteiger partial charge in [-0.3, -0.25) is 4.79 Å². The maximum Gasteiger partial charge on any atom is 0.220 e. The minimum absolute atomic E-state index is 0.0757. The van der Waals surface area contributed by atoms with Crippen LogP contribution >= 0.6 is 0 Å². The standard InChI is InChI=1S/C45H85NO3/c1-3-5-7-9-11-13-15-17-19-21-22-23-24-25-27-29-31-33-35-37-39-41-45(49)46-43(42-47)44(48)40-38-36-34-32-30-28-26-20-18-16-14-12-10-8-6-4-2/h18,20,30,32,38,40,43-44,47-48H,3-17,19,21-29,31,33-37,39,41-42H2,1-2H3,(H,46,49)/b20-18+,32-30+,40-38+. The minimum atomic E-state index is -0.866. The van der Waals surface area contributed by atoms with E-state index in [-0.39, 0.29) is 12.5 Å².